The summed E-state index contributed by atoms with van der Waals surface area (Å²) < 4.78 is 1.65. The average molecular weight is 342 g/mol. The number of carboxylic acid groups (broad SMARTS) is 1. The number of hydrogen-bond acceptors (Lipinski definition) is 4. The Bertz CT molecular complexity index is 972. The van der Waals surface area contributed by atoms with E-state index in [-0.39, 0.29) is 11.1 Å². The fraction of sp³-hybridized carbons (Fsp3) is 0.278. The number of nitrogens with zero attached hydrogens (tertiary/aromatic N) is 2. The normalized spacial score (nSPS) is 11.1. The third-order valence-corrected chi connectivity index (χ3v) is 5.13. The van der Waals surface area contributed by atoms with Gasteiger partial charge in [-0.05, 0) is 30.2 Å². The van der Waals surface area contributed by atoms with Crippen LogP contribution in [0.1, 0.15) is 40.5 Å². The van der Waals surface area contributed by atoms with Gasteiger partial charge in [-0.1, -0.05) is 26.0 Å². The summed E-state index contributed by atoms with van der Waals surface area (Å²) >= 11 is 1.56. The minimum absolute atomic E-state index is 0.0615. The van der Waals surface area contributed by atoms with Crippen LogP contribution in [-0.2, 0) is 19.4 Å². The van der Waals surface area contributed by atoms with Gasteiger partial charge in [0.2, 0.25) is 0 Å². The van der Waals surface area contributed by atoms with Gasteiger partial charge in [0.05, 0.1) is 17.5 Å². The Labute approximate surface area is 143 Å². The van der Waals surface area contributed by atoms with Gasteiger partial charge in [-0.2, -0.15) is 0 Å². The topological polar surface area (TPSA) is 72.2 Å². The average Bonchev–Trinajstić information content (AvgIpc) is 3.01. The molecule has 3 aromatic rings. The Kier molecular flexibility index (Phi) is 4.49. The van der Waals surface area contributed by atoms with E-state index in [1.807, 2.05) is 19.1 Å². The molecule has 2 aromatic heterocycles. The molecule has 1 N–H and O–H groups in total. The molecule has 0 aliphatic heterocycles. The summed E-state index contributed by atoms with van der Waals surface area (Å²) in [6.45, 7) is 4.34. The van der Waals surface area contributed by atoms with Crippen molar-refractivity contribution in [3.8, 4) is 0 Å². The van der Waals surface area contributed by atoms with Crippen molar-refractivity contribution in [3.63, 3.8) is 0 Å². The number of hydrogen-bond donors (Lipinski definition) is 1. The second kappa shape index (κ2) is 6.57. The largest absolute Gasteiger partial charge is 0.478 e. The van der Waals surface area contributed by atoms with Gasteiger partial charge in [0.1, 0.15) is 10.7 Å². The first-order valence-corrected chi connectivity index (χ1v) is 8.69. The van der Waals surface area contributed by atoms with Crippen molar-refractivity contribution in [1.29, 1.82) is 0 Å². The third kappa shape index (κ3) is 2.97. The van der Waals surface area contributed by atoms with Crippen LogP contribution in [0.3, 0.4) is 0 Å². The Hall–Kier alpha value is -2.47. The minimum Gasteiger partial charge on any atom is -0.478 e. The SMILES string of the molecule is CCc1cc2c(=O)n(Cc3cccc(C(=O)O)c3)c(CC)nc2s1. The minimum atomic E-state index is -0.973. The van der Waals surface area contributed by atoms with Crippen molar-refractivity contribution in [2.24, 2.45) is 0 Å². The maximum Gasteiger partial charge on any atom is 0.335 e. The van der Waals surface area contributed by atoms with Crippen LogP contribution in [0, 0.1) is 0 Å². The predicted octanol–water partition coefficient (Wildman–Crippen LogP) is 3.33. The lowest BCUT2D eigenvalue weighted by Gasteiger charge is -2.11. The lowest BCUT2D eigenvalue weighted by molar-refractivity contribution is 0.0696. The van der Waals surface area contributed by atoms with Crippen molar-refractivity contribution < 1.29 is 9.90 Å². The molecule has 0 aliphatic rings. The molecule has 0 fully saturated rings. The molecule has 0 bridgehead atoms. The van der Waals surface area contributed by atoms with Crippen molar-refractivity contribution >= 4 is 27.5 Å². The molecule has 0 atom stereocenters. The number of rotatable bonds is 5. The van der Waals surface area contributed by atoms with Gasteiger partial charge < -0.3 is 5.11 Å². The van der Waals surface area contributed by atoms with Crippen LogP contribution in [0.15, 0.2) is 35.1 Å². The van der Waals surface area contributed by atoms with E-state index in [0.717, 1.165) is 27.5 Å². The highest BCUT2D eigenvalue weighted by Gasteiger charge is 2.13. The molecule has 24 heavy (non-hydrogen) atoms. The van der Waals surface area contributed by atoms with Crippen LogP contribution in [0.4, 0.5) is 0 Å². The van der Waals surface area contributed by atoms with Crippen LogP contribution in [-0.4, -0.2) is 20.6 Å². The quantitative estimate of drug-likeness (QED) is 0.772. The Morgan fingerprint density at radius 3 is 2.71 bits per heavy atom. The number of aryl methyl sites for hydroxylation is 2. The van der Waals surface area contributed by atoms with Crippen molar-refractivity contribution in [2.45, 2.75) is 33.2 Å². The number of fused-ring (bicyclic) bond motifs is 1. The molecule has 6 heteroatoms. The second-order valence-corrected chi connectivity index (χ2v) is 6.68. The lowest BCUT2D eigenvalue weighted by Crippen LogP contribution is -2.25. The summed E-state index contributed by atoms with van der Waals surface area (Å²) in [6.07, 6.45) is 1.52. The van der Waals surface area contributed by atoms with E-state index in [1.54, 1.807) is 34.1 Å². The number of aromatic nitrogens is 2. The summed E-state index contributed by atoms with van der Waals surface area (Å²) in [5.74, 6) is -0.253. The Balaban J connectivity index is 2.11. The zero-order chi connectivity index (χ0) is 17.3. The molecule has 0 amide bonds. The van der Waals surface area contributed by atoms with E-state index in [0.29, 0.717) is 18.4 Å². The molecular weight excluding hydrogens is 324 g/mol. The number of thiophene rings is 1. The van der Waals surface area contributed by atoms with Crippen molar-refractivity contribution in [1.82, 2.24) is 9.55 Å². The summed E-state index contributed by atoms with van der Waals surface area (Å²) in [4.78, 5) is 30.6. The molecule has 1 aromatic carbocycles. The highest BCUT2D eigenvalue weighted by atomic mass is 32.1. The summed E-state index contributed by atoms with van der Waals surface area (Å²) in [5.41, 5.74) is 0.934. The monoisotopic (exact) mass is 342 g/mol. The summed E-state index contributed by atoms with van der Waals surface area (Å²) in [6, 6.07) is 8.58. The fourth-order valence-corrected chi connectivity index (χ4v) is 3.68. The van der Waals surface area contributed by atoms with Crippen LogP contribution in [0.2, 0.25) is 0 Å². The zero-order valence-corrected chi connectivity index (χ0v) is 14.4. The molecule has 0 aliphatic carbocycles. The summed E-state index contributed by atoms with van der Waals surface area (Å²) in [5, 5.41) is 9.76. The van der Waals surface area contributed by atoms with Crippen LogP contribution < -0.4 is 5.56 Å². The predicted molar refractivity (Wildman–Crippen MR) is 95.1 cm³/mol. The van der Waals surface area contributed by atoms with Crippen molar-refractivity contribution in [2.75, 3.05) is 0 Å². The molecule has 3 rings (SSSR count). The van der Waals surface area contributed by atoms with Gasteiger partial charge in [0.25, 0.3) is 5.56 Å². The first-order chi connectivity index (χ1) is 11.5. The molecule has 0 saturated heterocycles. The maximum absolute atomic E-state index is 12.9. The Morgan fingerprint density at radius 2 is 2.04 bits per heavy atom. The number of benzene rings is 1. The van der Waals surface area contributed by atoms with Gasteiger partial charge in [-0.25, -0.2) is 9.78 Å². The van der Waals surface area contributed by atoms with E-state index in [1.165, 1.54) is 0 Å². The van der Waals surface area contributed by atoms with Gasteiger partial charge in [-0.3, -0.25) is 9.36 Å². The highest BCUT2D eigenvalue weighted by Crippen LogP contribution is 2.22. The molecule has 0 saturated carbocycles. The fourth-order valence-electron chi connectivity index (χ4n) is 2.70. The molecule has 5 nitrogen and oxygen atoms in total. The molecule has 124 valence electrons. The highest BCUT2D eigenvalue weighted by molar-refractivity contribution is 7.18. The van der Waals surface area contributed by atoms with Crippen LogP contribution >= 0.6 is 11.3 Å². The van der Waals surface area contributed by atoms with Crippen molar-refractivity contribution in [3.05, 3.63) is 62.5 Å². The smallest absolute Gasteiger partial charge is 0.335 e. The first-order valence-electron chi connectivity index (χ1n) is 7.87. The molecule has 0 unspecified atom stereocenters. The number of carboxylic acids is 1. The number of aromatic carboxylic acids is 1. The molecule has 0 spiro atoms. The van der Waals surface area contributed by atoms with E-state index >= 15 is 0 Å². The standard InChI is InChI=1S/C18H18N2O3S/c1-3-13-9-14-16(24-13)19-15(4-2)20(17(14)21)10-11-6-5-7-12(8-11)18(22)23/h5-9H,3-4,10H2,1-2H3,(H,22,23). The van der Waals surface area contributed by atoms with Gasteiger partial charge in [0.15, 0.2) is 0 Å². The second-order valence-electron chi connectivity index (χ2n) is 5.56. The lowest BCUT2D eigenvalue weighted by atomic mass is 10.1. The van der Waals surface area contributed by atoms with Crippen LogP contribution in [0.25, 0.3) is 10.2 Å². The molecule has 2 heterocycles. The third-order valence-electron chi connectivity index (χ3n) is 3.96. The Morgan fingerprint density at radius 1 is 1.25 bits per heavy atom. The van der Waals surface area contributed by atoms with E-state index in [9.17, 15) is 9.59 Å². The maximum atomic E-state index is 12.9. The summed E-state index contributed by atoms with van der Waals surface area (Å²) in [7, 11) is 0. The van der Waals surface area contributed by atoms with Gasteiger partial charge in [-0.15, -0.1) is 11.3 Å². The molecular formula is C18H18N2O3S. The first kappa shape index (κ1) is 16.4. The van der Waals surface area contributed by atoms with Gasteiger partial charge in [0, 0.05) is 11.3 Å². The van der Waals surface area contributed by atoms with E-state index in [2.05, 4.69) is 11.9 Å². The van der Waals surface area contributed by atoms with E-state index in [4.69, 9.17) is 5.11 Å². The van der Waals surface area contributed by atoms with Crippen LogP contribution in [0.5, 0.6) is 0 Å². The number of carbonyl (C=O) groups is 1. The van der Waals surface area contributed by atoms with E-state index < -0.39 is 5.97 Å². The zero-order valence-electron chi connectivity index (χ0n) is 13.6. The van der Waals surface area contributed by atoms with Gasteiger partial charge >= 0.3 is 5.97 Å². The molecule has 0 radical (unpaired) electrons.